The number of thiazole rings is 1. The summed E-state index contributed by atoms with van der Waals surface area (Å²) in [6.45, 7) is 2.96. The van der Waals surface area contributed by atoms with E-state index < -0.39 is 6.10 Å². The van der Waals surface area contributed by atoms with Crippen molar-refractivity contribution in [2.45, 2.75) is 19.6 Å². The summed E-state index contributed by atoms with van der Waals surface area (Å²) in [7, 11) is 0. The number of aliphatic hydroxyl groups is 1. The zero-order chi connectivity index (χ0) is 13.8. The fraction of sp³-hybridized carbons (Fsp3) is 0.308. The molecule has 2 aromatic rings. The average Bonchev–Trinajstić information content (AvgIpc) is 2.75. The summed E-state index contributed by atoms with van der Waals surface area (Å²) in [6, 6.07) is 5.19. The standard InChI is InChI=1S/C13H14Cl2N2OS/c1-8-7-19-12(17-8)6-16-5-11(18)13-9(14)3-2-4-10(13)15/h2-4,7,11,16,18H,5-6H2,1H3. The second-order valence-electron chi connectivity index (χ2n) is 4.16. The van der Waals surface area contributed by atoms with Crippen LogP contribution in [0.25, 0.3) is 0 Å². The minimum absolute atomic E-state index is 0.377. The molecule has 0 spiro atoms. The molecule has 1 aromatic carbocycles. The van der Waals surface area contributed by atoms with Crippen molar-refractivity contribution in [2.75, 3.05) is 6.54 Å². The molecule has 0 radical (unpaired) electrons. The van der Waals surface area contributed by atoms with Crippen molar-refractivity contribution in [3.8, 4) is 0 Å². The Hall–Kier alpha value is -0.650. The van der Waals surface area contributed by atoms with Gasteiger partial charge in [-0.05, 0) is 19.1 Å². The highest BCUT2D eigenvalue weighted by Gasteiger charge is 2.15. The molecule has 0 aliphatic rings. The fourth-order valence-corrected chi connectivity index (χ4v) is 3.12. The molecule has 0 aliphatic carbocycles. The van der Waals surface area contributed by atoms with Gasteiger partial charge < -0.3 is 10.4 Å². The molecular formula is C13H14Cl2N2OS. The summed E-state index contributed by atoms with van der Waals surface area (Å²) < 4.78 is 0. The molecule has 0 aliphatic heterocycles. The number of aromatic nitrogens is 1. The fourth-order valence-electron chi connectivity index (χ4n) is 1.73. The van der Waals surface area contributed by atoms with Crippen LogP contribution in [0.15, 0.2) is 23.6 Å². The first kappa shape index (κ1) is 14.8. The van der Waals surface area contributed by atoms with Crippen LogP contribution in [-0.2, 0) is 6.54 Å². The SMILES string of the molecule is Cc1csc(CNCC(O)c2c(Cl)cccc2Cl)n1. The van der Waals surface area contributed by atoms with Crippen LogP contribution >= 0.6 is 34.5 Å². The number of hydrogen-bond donors (Lipinski definition) is 2. The lowest BCUT2D eigenvalue weighted by atomic mass is 10.1. The largest absolute Gasteiger partial charge is 0.387 e. The molecule has 1 aromatic heterocycles. The van der Waals surface area contributed by atoms with E-state index in [1.165, 1.54) is 0 Å². The molecule has 2 N–H and O–H groups in total. The van der Waals surface area contributed by atoms with Crippen LogP contribution in [0.3, 0.4) is 0 Å². The molecule has 102 valence electrons. The van der Waals surface area contributed by atoms with E-state index in [-0.39, 0.29) is 0 Å². The van der Waals surface area contributed by atoms with Gasteiger partial charge in [-0.15, -0.1) is 11.3 Å². The number of aliphatic hydroxyl groups excluding tert-OH is 1. The Morgan fingerprint density at radius 1 is 1.37 bits per heavy atom. The maximum atomic E-state index is 10.1. The minimum Gasteiger partial charge on any atom is -0.387 e. The third-order valence-electron chi connectivity index (χ3n) is 2.61. The van der Waals surface area contributed by atoms with Crippen molar-refractivity contribution in [3.05, 3.63) is 49.9 Å². The summed E-state index contributed by atoms with van der Waals surface area (Å²) in [5.74, 6) is 0. The highest BCUT2D eigenvalue weighted by Crippen LogP contribution is 2.29. The third-order valence-corrected chi connectivity index (χ3v) is 4.24. The first-order valence-electron chi connectivity index (χ1n) is 5.81. The normalized spacial score (nSPS) is 12.6. The van der Waals surface area contributed by atoms with Crippen molar-refractivity contribution in [3.63, 3.8) is 0 Å². The third kappa shape index (κ3) is 3.91. The van der Waals surface area contributed by atoms with E-state index in [9.17, 15) is 5.11 Å². The van der Waals surface area contributed by atoms with Crippen molar-refractivity contribution >= 4 is 34.5 Å². The Morgan fingerprint density at radius 3 is 2.63 bits per heavy atom. The Bertz CT molecular complexity index is 539. The molecule has 2 rings (SSSR count). The van der Waals surface area contributed by atoms with Crippen molar-refractivity contribution in [1.82, 2.24) is 10.3 Å². The summed E-state index contributed by atoms with van der Waals surface area (Å²) >= 11 is 13.7. The predicted octanol–water partition coefficient (Wildman–Crippen LogP) is 3.58. The van der Waals surface area contributed by atoms with Crippen LogP contribution in [0.4, 0.5) is 0 Å². The van der Waals surface area contributed by atoms with Gasteiger partial charge in [0.2, 0.25) is 0 Å². The number of halogens is 2. The van der Waals surface area contributed by atoms with Crippen LogP contribution in [0.1, 0.15) is 22.4 Å². The zero-order valence-corrected chi connectivity index (χ0v) is 12.7. The Kier molecular flexibility index (Phi) is 5.19. The summed E-state index contributed by atoms with van der Waals surface area (Å²) in [6.07, 6.45) is -0.734. The zero-order valence-electron chi connectivity index (χ0n) is 10.4. The van der Waals surface area contributed by atoms with Gasteiger partial charge in [-0.25, -0.2) is 4.98 Å². The van der Waals surface area contributed by atoms with Gasteiger partial charge in [0.1, 0.15) is 5.01 Å². The summed E-state index contributed by atoms with van der Waals surface area (Å²) in [5, 5.41) is 17.2. The van der Waals surface area contributed by atoms with Gasteiger partial charge in [-0.3, -0.25) is 0 Å². The molecular weight excluding hydrogens is 303 g/mol. The predicted molar refractivity (Wildman–Crippen MR) is 80.0 cm³/mol. The lowest BCUT2D eigenvalue weighted by Gasteiger charge is -2.14. The van der Waals surface area contributed by atoms with E-state index in [0.717, 1.165) is 10.7 Å². The Balaban J connectivity index is 1.92. The van der Waals surface area contributed by atoms with Gasteiger partial charge in [0.25, 0.3) is 0 Å². The monoisotopic (exact) mass is 316 g/mol. The highest BCUT2D eigenvalue weighted by atomic mass is 35.5. The van der Waals surface area contributed by atoms with E-state index in [1.807, 2.05) is 12.3 Å². The molecule has 3 nitrogen and oxygen atoms in total. The molecule has 6 heteroatoms. The lowest BCUT2D eigenvalue weighted by molar-refractivity contribution is 0.174. The van der Waals surface area contributed by atoms with Gasteiger partial charge in [0, 0.05) is 39.8 Å². The summed E-state index contributed by atoms with van der Waals surface area (Å²) in [4.78, 5) is 4.34. The van der Waals surface area contributed by atoms with Crippen LogP contribution in [0.2, 0.25) is 10.0 Å². The molecule has 0 bridgehead atoms. The van der Waals surface area contributed by atoms with Gasteiger partial charge in [-0.1, -0.05) is 29.3 Å². The molecule has 1 heterocycles. The topological polar surface area (TPSA) is 45.1 Å². The van der Waals surface area contributed by atoms with Crippen molar-refractivity contribution < 1.29 is 5.11 Å². The minimum atomic E-state index is -0.734. The number of nitrogens with one attached hydrogen (secondary N) is 1. The lowest BCUT2D eigenvalue weighted by Crippen LogP contribution is -2.21. The maximum Gasteiger partial charge on any atom is 0.107 e. The van der Waals surface area contributed by atoms with Crippen LogP contribution in [0, 0.1) is 6.92 Å². The van der Waals surface area contributed by atoms with Crippen LogP contribution < -0.4 is 5.32 Å². The van der Waals surface area contributed by atoms with Crippen molar-refractivity contribution in [1.29, 1.82) is 0 Å². The van der Waals surface area contributed by atoms with Gasteiger partial charge in [-0.2, -0.15) is 0 Å². The first-order valence-corrected chi connectivity index (χ1v) is 7.45. The molecule has 0 saturated heterocycles. The smallest absolute Gasteiger partial charge is 0.107 e. The second kappa shape index (κ2) is 6.68. The molecule has 0 fully saturated rings. The highest BCUT2D eigenvalue weighted by molar-refractivity contribution is 7.09. The molecule has 0 saturated carbocycles. The second-order valence-corrected chi connectivity index (χ2v) is 5.92. The van der Waals surface area contributed by atoms with E-state index in [2.05, 4.69) is 10.3 Å². The quantitative estimate of drug-likeness (QED) is 0.886. The average molecular weight is 317 g/mol. The number of benzene rings is 1. The number of aryl methyl sites for hydroxylation is 1. The Labute approximate surface area is 126 Å². The van der Waals surface area contributed by atoms with E-state index in [4.69, 9.17) is 23.2 Å². The van der Waals surface area contributed by atoms with E-state index in [1.54, 1.807) is 29.5 Å². The van der Waals surface area contributed by atoms with Gasteiger partial charge >= 0.3 is 0 Å². The first-order chi connectivity index (χ1) is 9.08. The van der Waals surface area contributed by atoms with E-state index >= 15 is 0 Å². The number of rotatable bonds is 5. The van der Waals surface area contributed by atoms with Gasteiger partial charge in [0.05, 0.1) is 6.10 Å². The number of hydrogen-bond acceptors (Lipinski definition) is 4. The van der Waals surface area contributed by atoms with Crippen LogP contribution in [0.5, 0.6) is 0 Å². The molecule has 0 amide bonds. The van der Waals surface area contributed by atoms with Crippen LogP contribution in [-0.4, -0.2) is 16.6 Å². The van der Waals surface area contributed by atoms with Crippen molar-refractivity contribution in [2.24, 2.45) is 0 Å². The molecule has 1 atom stereocenters. The molecule has 1 unspecified atom stereocenters. The Morgan fingerprint density at radius 2 is 2.05 bits per heavy atom. The number of nitrogens with zero attached hydrogens (tertiary/aromatic N) is 1. The van der Waals surface area contributed by atoms with Gasteiger partial charge in [0.15, 0.2) is 0 Å². The van der Waals surface area contributed by atoms with E-state index in [0.29, 0.717) is 28.7 Å². The maximum absolute atomic E-state index is 10.1. The summed E-state index contributed by atoms with van der Waals surface area (Å²) in [5.41, 5.74) is 1.57. The molecule has 19 heavy (non-hydrogen) atoms.